The molecule has 0 fully saturated rings. The highest BCUT2D eigenvalue weighted by Gasteiger charge is 2.25. The quantitative estimate of drug-likeness (QED) is 0.718. The number of carbonyl (C=O) groups is 2. The Morgan fingerprint density at radius 2 is 2.04 bits per heavy atom. The van der Waals surface area contributed by atoms with Gasteiger partial charge in [-0.2, -0.15) is 5.10 Å². The van der Waals surface area contributed by atoms with Crippen LogP contribution in [0.4, 0.5) is 11.4 Å². The molecule has 1 N–H and O–H groups in total. The summed E-state index contributed by atoms with van der Waals surface area (Å²) in [5.41, 5.74) is 1.82. The molecule has 0 radical (unpaired) electrons. The molecule has 28 heavy (non-hydrogen) atoms. The lowest BCUT2D eigenvalue weighted by Gasteiger charge is -2.29. The van der Waals surface area contributed by atoms with Gasteiger partial charge in [-0.1, -0.05) is 29.8 Å². The third-order valence-electron chi connectivity index (χ3n) is 4.37. The topological polar surface area (TPSA) is 76.5 Å². The normalized spacial score (nSPS) is 13.0. The van der Waals surface area contributed by atoms with Crippen molar-refractivity contribution in [2.75, 3.05) is 23.4 Å². The highest BCUT2D eigenvalue weighted by molar-refractivity contribution is 6.33. The number of aromatic nitrogens is 2. The molecule has 2 heterocycles. The summed E-state index contributed by atoms with van der Waals surface area (Å²) in [6, 6.07) is 14.3. The summed E-state index contributed by atoms with van der Waals surface area (Å²) in [6.07, 6.45) is 3.52. The van der Waals surface area contributed by atoms with Crippen LogP contribution in [-0.4, -0.2) is 34.7 Å². The molecule has 3 aromatic rings. The Morgan fingerprint density at radius 3 is 2.86 bits per heavy atom. The monoisotopic (exact) mass is 396 g/mol. The van der Waals surface area contributed by atoms with E-state index in [0.717, 1.165) is 0 Å². The molecule has 8 heteroatoms. The van der Waals surface area contributed by atoms with Crippen molar-refractivity contribution in [2.45, 2.75) is 6.42 Å². The summed E-state index contributed by atoms with van der Waals surface area (Å²) in [7, 11) is 0. The maximum Gasteiger partial charge on any atom is 0.265 e. The predicted molar refractivity (Wildman–Crippen MR) is 106 cm³/mol. The number of halogens is 1. The Kier molecular flexibility index (Phi) is 4.99. The fourth-order valence-corrected chi connectivity index (χ4v) is 3.34. The van der Waals surface area contributed by atoms with E-state index in [4.69, 9.17) is 16.3 Å². The third kappa shape index (κ3) is 3.57. The van der Waals surface area contributed by atoms with Crippen molar-refractivity contribution in [1.29, 1.82) is 0 Å². The van der Waals surface area contributed by atoms with Crippen LogP contribution in [0.2, 0.25) is 5.02 Å². The van der Waals surface area contributed by atoms with Gasteiger partial charge in [0.25, 0.3) is 5.91 Å². The number of ether oxygens (including phenoxy) is 1. The molecule has 0 saturated heterocycles. The van der Waals surface area contributed by atoms with Crippen LogP contribution in [0.3, 0.4) is 0 Å². The highest BCUT2D eigenvalue weighted by atomic mass is 35.5. The summed E-state index contributed by atoms with van der Waals surface area (Å²) in [5.74, 6) is 0.234. The van der Waals surface area contributed by atoms with Crippen LogP contribution >= 0.6 is 11.6 Å². The number of carbonyl (C=O) groups excluding carboxylic acids is 2. The van der Waals surface area contributed by atoms with Gasteiger partial charge >= 0.3 is 0 Å². The van der Waals surface area contributed by atoms with Crippen molar-refractivity contribution in [1.82, 2.24) is 9.78 Å². The minimum atomic E-state index is -0.229. The van der Waals surface area contributed by atoms with Crippen molar-refractivity contribution in [2.24, 2.45) is 0 Å². The summed E-state index contributed by atoms with van der Waals surface area (Å²) >= 11 is 6.30. The molecule has 2 amide bonds. The number of hydrogen-bond donors (Lipinski definition) is 1. The lowest BCUT2D eigenvalue weighted by molar-refractivity contribution is -0.121. The predicted octanol–water partition coefficient (Wildman–Crippen LogP) is 3.28. The average molecular weight is 397 g/mol. The number of hydrogen-bond acceptors (Lipinski definition) is 4. The molecule has 1 aromatic heterocycles. The number of anilines is 2. The zero-order valence-corrected chi connectivity index (χ0v) is 15.6. The van der Waals surface area contributed by atoms with Gasteiger partial charge in [0.15, 0.2) is 6.61 Å². The molecule has 2 aromatic carbocycles. The number of benzene rings is 2. The molecule has 7 nitrogen and oxygen atoms in total. The van der Waals surface area contributed by atoms with Crippen LogP contribution in [0.5, 0.6) is 5.75 Å². The molecular weight excluding hydrogens is 380 g/mol. The summed E-state index contributed by atoms with van der Waals surface area (Å²) in [5, 5.41) is 7.52. The summed E-state index contributed by atoms with van der Waals surface area (Å²) in [4.78, 5) is 26.4. The SMILES string of the molecule is O=C(CCN1C(=O)COc2ccccc21)Nc1cccc(Cl)c1-n1cccn1. The second-order valence-corrected chi connectivity index (χ2v) is 6.59. The van der Waals surface area contributed by atoms with Gasteiger partial charge in [0.1, 0.15) is 11.4 Å². The summed E-state index contributed by atoms with van der Waals surface area (Å²) in [6.45, 7) is 0.221. The minimum Gasteiger partial charge on any atom is -0.482 e. The van der Waals surface area contributed by atoms with E-state index in [1.165, 1.54) is 0 Å². The molecule has 1 aliphatic heterocycles. The van der Waals surface area contributed by atoms with E-state index >= 15 is 0 Å². The fraction of sp³-hybridized carbons (Fsp3) is 0.150. The minimum absolute atomic E-state index is 0.0314. The van der Waals surface area contributed by atoms with E-state index in [1.807, 2.05) is 12.1 Å². The Hall–Kier alpha value is -3.32. The van der Waals surface area contributed by atoms with Crippen molar-refractivity contribution in [3.05, 3.63) is 65.9 Å². The molecule has 0 aliphatic carbocycles. The van der Waals surface area contributed by atoms with Gasteiger partial charge < -0.3 is 15.0 Å². The first-order valence-electron chi connectivity index (χ1n) is 8.74. The van der Waals surface area contributed by atoms with E-state index in [2.05, 4.69) is 10.4 Å². The number of rotatable bonds is 5. The molecule has 4 rings (SSSR count). The lowest BCUT2D eigenvalue weighted by atomic mass is 10.2. The van der Waals surface area contributed by atoms with Crippen molar-refractivity contribution < 1.29 is 14.3 Å². The van der Waals surface area contributed by atoms with Gasteiger partial charge in [-0.05, 0) is 30.3 Å². The van der Waals surface area contributed by atoms with Gasteiger partial charge in [-0.15, -0.1) is 0 Å². The molecule has 0 spiro atoms. The van der Waals surface area contributed by atoms with Gasteiger partial charge in [0, 0.05) is 25.4 Å². The fourth-order valence-electron chi connectivity index (χ4n) is 3.08. The van der Waals surface area contributed by atoms with E-state index in [0.29, 0.717) is 27.8 Å². The standard InChI is InChI=1S/C20H17ClN4O3/c21-14-5-3-6-15(20(14)25-11-4-10-22-25)23-18(26)9-12-24-16-7-1-2-8-17(16)28-13-19(24)27/h1-8,10-11H,9,12-13H2,(H,23,26). The first-order chi connectivity index (χ1) is 13.6. The molecule has 1 aliphatic rings. The number of nitrogens with one attached hydrogen (secondary N) is 1. The number of amides is 2. The van der Waals surface area contributed by atoms with Gasteiger partial charge in [0.05, 0.1) is 16.4 Å². The number of nitrogens with zero attached hydrogens (tertiary/aromatic N) is 3. The zero-order chi connectivity index (χ0) is 19.5. The highest BCUT2D eigenvalue weighted by Crippen LogP contribution is 2.32. The maximum absolute atomic E-state index is 12.6. The Morgan fingerprint density at radius 1 is 1.18 bits per heavy atom. The molecule has 142 valence electrons. The first kappa shape index (κ1) is 18.1. The van der Waals surface area contributed by atoms with E-state index in [-0.39, 0.29) is 31.4 Å². The van der Waals surface area contributed by atoms with Gasteiger partial charge in [0.2, 0.25) is 5.91 Å². The Labute approximate surface area is 166 Å². The smallest absolute Gasteiger partial charge is 0.265 e. The number of para-hydroxylation sites is 3. The molecule has 0 unspecified atom stereocenters. The molecule has 0 bridgehead atoms. The zero-order valence-electron chi connectivity index (χ0n) is 14.8. The van der Waals surface area contributed by atoms with Crippen LogP contribution in [0.15, 0.2) is 60.9 Å². The Balaban J connectivity index is 1.48. The first-order valence-corrected chi connectivity index (χ1v) is 9.12. The lowest BCUT2D eigenvalue weighted by Crippen LogP contribution is -2.40. The van der Waals surface area contributed by atoms with Crippen LogP contribution in [0.1, 0.15) is 6.42 Å². The third-order valence-corrected chi connectivity index (χ3v) is 4.67. The van der Waals surface area contributed by atoms with Crippen molar-refractivity contribution >= 4 is 34.8 Å². The second-order valence-electron chi connectivity index (χ2n) is 6.19. The van der Waals surface area contributed by atoms with Crippen molar-refractivity contribution in [3.8, 4) is 11.4 Å². The van der Waals surface area contributed by atoms with Gasteiger partial charge in [-0.3, -0.25) is 9.59 Å². The average Bonchev–Trinajstić information content (AvgIpc) is 3.21. The van der Waals surface area contributed by atoms with Crippen LogP contribution in [-0.2, 0) is 9.59 Å². The van der Waals surface area contributed by atoms with Gasteiger partial charge in [-0.25, -0.2) is 4.68 Å². The molecule has 0 atom stereocenters. The second kappa shape index (κ2) is 7.74. The van der Waals surface area contributed by atoms with Crippen LogP contribution in [0.25, 0.3) is 5.69 Å². The van der Waals surface area contributed by atoms with E-state index in [1.54, 1.807) is 58.4 Å². The van der Waals surface area contributed by atoms with E-state index < -0.39 is 0 Å². The Bertz CT molecular complexity index is 1020. The maximum atomic E-state index is 12.6. The molecular formula is C20H17ClN4O3. The number of fused-ring (bicyclic) bond motifs is 1. The van der Waals surface area contributed by atoms with E-state index in [9.17, 15) is 9.59 Å². The molecule has 0 saturated carbocycles. The van der Waals surface area contributed by atoms with Crippen LogP contribution in [0, 0.1) is 0 Å². The van der Waals surface area contributed by atoms with Crippen molar-refractivity contribution in [3.63, 3.8) is 0 Å². The van der Waals surface area contributed by atoms with Crippen LogP contribution < -0.4 is 15.0 Å². The summed E-state index contributed by atoms with van der Waals surface area (Å²) < 4.78 is 7.02. The largest absolute Gasteiger partial charge is 0.482 e.